The number of carboxylic acid groups (broad SMARTS) is 2. The van der Waals surface area contributed by atoms with Crippen molar-refractivity contribution in [3.63, 3.8) is 0 Å². The summed E-state index contributed by atoms with van der Waals surface area (Å²) in [5, 5.41) is 27.8. The van der Waals surface area contributed by atoms with E-state index in [1.807, 2.05) is 26.0 Å². The molecular weight excluding hydrogens is 648 g/mol. The number of rotatable bonds is 7. The number of aliphatic carboxylic acids is 2. The molecule has 2 unspecified atom stereocenters. The molecule has 1 saturated heterocycles. The van der Waals surface area contributed by atoms with Gasteiger partial charge in [0, 0.05) is 18.1 Å². The van der Waals surface area contributed by atoms with Crippen LogP contribution in [0.15, 0.2) is 11.3 Å². The Hall–Kier alpha value is -2.98. The fourth-order valence-corrected chi connectivity index (χ4v) is 8.74. The molecule has 0 saturated carbocycles. The Morgan fingerprint density at radius 2 is 1.47 bits per heavy atom. The number of hydrogen-bond acceptors (Lipinski definition) is 3. The summed E-state index contributed by atoms with van der Waals surface area (Å²) < 4.78 is -0.0948. The first-order valence-electron chi connectivity index (χ1n) is 15.0. The largest absolute Gasteiger partial charge is 4.00 e. The standard InChI is InChI=1S/C34H36N4O4S2.Fe/c1-15-21(7-9-31(39)40)27-13-28-22(8-10-32(41)42)16(2)25(36-28)14-30-34(20(6)44-34)18(4)26(38-30)12-29-33(19(5)43)17(3)24(37-29)11-23(15)35-27;/h11-14,19-20,30,43H,7-10H2,1-6H3,(H,39,40)(H,41,42);/q-4;+4/p+1/b24-11-,25-14-,28-13-,29-12-;/t19-,20?,30?,34+;/m0./s1. The molecule has 1 spiro atoms. The van der Waals surface area contributed by atoms with Crippen LogP contribution in [0, 0.1) is 20.8 Å². The van der Waals surface area contributed by atoms with Gasteiger partial charge in [-0.05, 0) is 83.3 Å². The summed E-state index contributed by atoms with van der Waals surface area (Å²) >= 11 is 6.15. The normalized spacial score (nSPS) is 25.0. The van der Waals surface area contributed by atoms with Crippen molar-refractivity contribution >= 4 is 60.6 Å². The first-order chi connectivity index (χ1) is 20.8. The molecule has 3 aliphatic heterocycles. The predicted molar refractivity (Wildman–Crippen MR) is 178 cm³/mol. The van der Waals surface area contributed by atoms with Crippen LogP contribution in [-0.2, 0) is 51.3 Å². The van der Waals surface area contributed by atoms with Crippen LogP contribution >= 0.6 is 12.6 Å². The number of nitrogens with zero attached hydrogens (tertiary/aromatic N) is 4. The summed E-state index contributed by atoms with van der Waals surface area (Å²) in [6.45, 7) is 12.5. The summed E-state index contributed by atoms with van der Waals surface area (Å²) in [6, 6.07) is -0.108. The van der Waals surface area contributed by atoms with Crippen LogP contribution in [0.25, 0.3) is 29.6 Å². The number of hydrogen-bond donors (Lipinski definition) is 3. The number of thiol groups is 2. The predicted octanol–water partition coefficient (Wildman–Crippen LogP) is 1.72. The maximum Gasteiger partial charge on any atom is 4.00 e. The topological polar surface area (TPSA) is 131 Å². The molecule has 8 bridgehead atoms. The first kappa shape index (κ1) is 33.4. The molecule has 3 aromatic heterocycles. The molecule has 8 nitrogen and oxygen atoms in total. The number of carboxylic acids is 2. The van der Waals surface area contributed by atoms with E-state index < -0.39 is 11.9 Å². The fourth-order valence-electron chi connectivity index (χ4n) is 6.91. The van der Waals surface area contributed by atoms with Gasteiger partial charge >= 0.3 is 29.0 Å². The van der Waals surface area contributed by atoms with Gasteiger partial charge in [-0.3, -0.25) is 9.59 Å². The Kier molecular flexibility index (Phi) is 9.14. The zero-order valence-corrected chi connectivity index (χ0v) is 29.0. The molecule has 4 atom stereocenters. The van der Waals surface area contributed by atoms with E-state index in [-0.39, 0.29) is 45.9 Å². The van der Waals surface area contributed by atoms with Gasteiger partial charge in [0.05, 0.1) is 0 Å². The van der Waals surface area contributed by atoms with Crippen molar-refractivity contribution in [2.24, 2.45) is 0 Å². The molecule has 45 heavy (non-hydrogen) atoms. The van der Waals surface area contributed by atoms with E-state index >= 15 is 0 Å². The molecule has 3 aromatic rings. The molecule has 6 heterocycles. The van der Waals surface area contributed by atoms with Gasteiger partial charge in [0.15, 0.2) is 10.00 Å². The quantitative estimate of drug-likeness (QED) is 0.150. The third-order valence-corrected chi connectivity index (χ3v) is 11.7. The van der Waals surface area contributed by atoms with Gasteiger partial charge in [-0.25, -0.2) is 0 Å². The summed E-state index contributed by atoms with van der Waals surface area (Å²) in [7, 11) is 0. The second kappa shape index (κ2) is 12.3. The van der Waals surface area contributed by atoms with Gasteiger partial charge < -0.3 is 30.5 Å². The minimum absolute atomic E-state index is 0. The van der Waals surface area contributed by atoms with Crippen molar-refractivity contribution in [1.82, 2.24) is 15.0 Å². The molecule has 11 heteroatoms. The average Bonchev–Trinajstić information content (AvgIpc) is 3.08. The van der Waals surface area contributed by atoms with Crippen molar-refractivity contribution < 1.29 is 36.9 Å². The smallest absolute Gasteiger partial charge is 0.674 e. The van der Waals surface area contributed by atoms with E-state index in [0.29, 0.717) is 29.1 Å². The minimum Gasteiger partial charge on any atom is -0.674 e. The molecule has 3 aliphatic rings. The second-order valence-electron chi connectivity index (χ2n) is 12.2. The van der Waals surface area contributed by atoms with E-state index in [1.54, 1.807) is 0 Å². The van der Waals surface area contributed by atoms with E-state index in [4.69, 9.17) is 32.9 Å². The zero-order valence-electron chi connectivity index (χ0n) is 26.1. The van der Waals surface area contributed by atoms with Crippen LogP contribution in [0.5, 0.6) is 0 Å². The van der Waals surface area contributed by atoms with Crippen LogP contribution in [-0.4, -0.2) is 38.2 Å². The van der Waals surface area contributed by atoms with Gasteiger partial charge in [-0.2, -0.15) is 12.6 Å². The maximum atomic E-state index is 11.6. The Morgan fingerprint density at radius 3 is 2.07 bits per heavy atom. The summed E-state index contributed by atoms with van der Waals surface area (Å²) in [5.41, 5.74) is 9.21. The van der Waals surface area contributed by atoms with Crippen molar-refractivity contribution in [3.8, 4) is 0 Å². The third-order valence-electron chi connectivity index (χ3n) is 9.50. The number of fused-ring (bicyclic) bond motifs is 9. The fraction of sp³-hybridized carbons (Fsp3) is 0.412. The SMILES string of the molecule is CC1=C2/C=c3\[n-]/c(c(C)c3[C@H](C)S)=C\c3[n-]c(c(CCC(=O)O)c3C)/C=c3\[n-]/c(c(C)c3CCC(=O)O)=C\C([N-]2)[C@@]12[SH+]C2C.[Fe+4]. The van der Waals surface area contributed by atoms with Gasteiger partial charge in [0.1, 0.15) is 0 Å². The Balaban J connectivity index is 0.00000400. The minimum atomic E-state index is -0.881. The number of aromatic nitrogens is 3. The zero-order chi connectivity index (χ0) is 31.7. The van der Waals surface area contributed by atoms with Crippen molar-refractivity contribution in [2.75, 3.05) is 0 Å². The Labute approximate surface area is 282 Å². The third kappa shape index (κ3) is 5.77. The number of carbonyl (C=O) groups is 2. The van der Waals surface area contributed by atoms with E-state index in [9.17, 15) is 19.8 Å². The molecule has 6 rings (SSSR count). The molecule has 236 valence electrons. The van der Waals surface area contributed by atoms with Gasteiger partial charge in [0.25, 0.3) is 0 Å². The van der Waals surface area contributed by atoms with Crippen LogP contribution in [0.2, 0.25) is 0 Å². The molecule has 0 amide bonds. The van der Waals surface area contributed by atoms with Crippen LogP contribution < -0.4 is 36.3 Å². The first-order valence-corrected chi connectivity index (χ1v) is 16.4. The molecule has 1 fully saturated rings. The van der Waals surface area contributed by atoms with Crippen molar-refractivity contribution in [1.29, 1.82) is 0 Å². The Morgan fingerprint density at radius 1 is 0.867 bits per heavy atom. The average molecular weight is 686 g/mol. The van der Waals surface area contributed by atoms with E-state index in [0.717, 1.165) is 60.8 Å². The van der Waals surface area contributed by atoms with Crippen molar-refractivity contribution in [3.05, 3.63) is 82.8 Å². The van der Waals surface area contributed by atoms with Crippen LogP contribution in [0.3, 0.4) is 0 Å². The molecule has 0 radical (unpaired) electrons. The van der Waals surface area contributed by atoms with E-state index in [1.165, 1.54) is 17.3 Å². The summed E-state index contributed by atoms with van der Waals surface area (Å²) in [6.07, 6.45) is 8.72. The Bertz CT molecular complexity index is 2000. The number of allylic oxidation sites excluding steroid dienone is 1. The second-order valence-corrected chi connectivity index (χ2v) is 14.7. The van der Waals surface area contributed by atoms with E-state index in [2.05, 4.69) is 39.8 Å². The molecule has 0 aliphatic carbocycles. The molecule has 2 N–H and O–H groups in total. The van der Waals surface area contributed by atoms with Gasteiger partial charge in [0.2, 0.25) is 0 Å². The summed E-state index contributed by atoms with van der Waals surface area (Å²) in [5.74, 6) is -1.75. The molecule has 0 aromatic carbocycles. The molecular formula is C34H37FeN4O4S2+. The van der Waals surface area contributed by atoms with Crippen LogP contribution in [0.4, 0.5) is 0 Å². The summed E-state index contributed by atoms with van der Waals surface area (Å²) in [4.78, 5) is 38.3. The van der Waals surface area contributed by atoms with Crippen molar-refractivity contribution in [2.45, 2.75) is 88.5 Å². The van der Waals surface area contributed by atoms with Crippen LogP contribution in [0.1, 0.15) is 83.6 Å². The van der Waals surface area contributed by atoms with Gasteiger partial charge in [-0.15, -0.1) is 44.6 Å². The maximum absolute atomic E-state index is 11.6. The van der Waals surface area contributed by atoms with Gasteiger partial charge in [-0.1, -0.05) is 46.0 Å². The monoisotopic (exact) mass is 685 g/mol.